The Morgan fingerprint density at radius 1 is 1.22 bits per heavy atom. The van der Waals surface area contributed by atoms with Crippen LogP contribution in [-0.4, -0.2) is 42.3 Å². The predicted molar refractivity (Wildman–Crippen MR) is 123 cm³/mol. The zero-order valence-corrected chi connectivity index (χ0v) is 19.3. The van der Waals surface area contributed by atoms with E-state index in [1.54, 1.807) is 31.2 Å². The lowest BCUT2D eigenvalue weighted by molar-refractivity contribution is -0.115. The highest BCUT2D eigenvalue weighted by Crippen LogP contribution is 2.33. The number of nitrogens with one attached hydrogen (secondary N) is 1. The van der Waals surface area contributed by atoms with Crippen molar-refractivity contribution in [2.45, 2.75) is 42.1 Å². The van der Waals surface area contributed by atoms with Crippen molar-refractivity contribution in [3.05, 3.63) is 36.4 Å². The van der Waals surface area contributed by atoms with Gasteiger partial charge in [0.25, 0.3) is 0 Å². The van der Waals surface area contributed by atoms with Gasteiger partial charge in [0, 0.05) is 18.3 Å². The van der Waals surface area contributed by atoms with Gasteiger partial charge < -0.3 is 19.4 Å². The molecule has 1 aliphatic rings. The highest BCUT2D eigenvalue weighted by molar-refractivity contribution is 8.00. The van der Waals surface area contributed by atoms with Crippen molar-refractivity contribution in [1.29, 1.82) is 0 Å². The molecular formula is C21H24N4O5S2. The molecule has 1 atom stereocenters. The number of nitrogens with zero attached hydrogens (tertiary/aromatic N) is 2. The van der Waals surface area contributed by atoms with Crippen LogP contribution in [0.25, 0.3) is 11.0 Å². The van der Waals surface area contributed by atoms with Crippen LogP contribution < -0.4 is 19.9 Å². The largest absolute Gasteiger partial charge is 0.486 e. The Balaban J connectivity index is 1.55. The van der Waals surface area contributed by atoms with Crippen LogP contribution in [0.1, 0.15) is 20.3 Å². The molecule has 32 heavy (non-hydrogen) atoms. The number of fused-ring (bicyclic) bond motifs is 2. The van der Waals surface area contributed by atoms with Crippen LogP contribution in [0.2, 0.25) is 0 Å². The first-order chi connectivity index (χ1) is 15.3. The number of sulfonamides is 1. The van der Waals surface area contributed by atoms with Gasteiger partial charge in [-0.05, 0) is 43.7 Å². The van der Waals surface area contributed by atoms with Crippen LogP contribution in [0.5, 0.6) is 11.5 Å². The number of thioether (sulfide) groups is 1. The second kappa shape index (κ2) is 9.00. The minimum Gasteiger partial charge on any atom is -0.486 e. The van der Waals surface area contributed by atoms with Gasteiger partial charge in [0.1, 0.15) is 13.2 Å². The topological polar surface area (TPSA) is 126 Å². The molecule has 0 unspecified atom stereocenters. The van der Waals surface area contributed by atoms with Gasteiger partial charge >= 0.3 is 0 Å². The fraction of sp³-hybridized carbons (Fsp3) is 0.333. The predicted octanol–water partition coefficient (Wildman–Crippen LogP) is 2.98. The Hall–Kier alpha value is -2.76. The van der Waals surface area contributed by atoms with Gasteiger partial charge in [-0.2, -0.15) is 0 Å². The molecule has 0 fully saturated rings. The Morgan fingerprint density at radius 3 is 2.69 bits per heavy atom. The molecule has 2 heterocycles. The average molecular weight is 477 g/mol. The number of benzene rings is 2. The Bertz CT molecular complexity index is 1270. The number of aryl methyl sites for hydroxylation is 1. The van der Waals surface area contributed by atoms with E-state index >= 15 is 0 Å². The number of imidazole rings is 1. The molecule has 9 nitrogen and oxygen atoms in total. The lowest BCUT2D eigenvalue weighted by atomic mass is 10.2. The van der Waals surface area contributed by atoms with Crippen LogP contribution in [0, 0.1) is 0 Å². The lowest BCUT2D eigenvalue weighted by Crippen LogP contribution is -2.23. The second-order valence-corrected chi connectivity index (χ2v) is 10.2. The zero-order valence-electron chi connectivity index (χ0n) is 17.7. The van der Waals surface area contributed by atoms with E-state index in [1.807, 2.05) is 11.5 Å². The first kappa shape index (κ1) is 22.4. The highest BCUT2D eigenvalue weighted by atomic mass is 32.2. The third kappa shape index (κ3) is 4.69. The molecule has 1 aromatic heterocycles. The summed E-state index contributed by atoms with van der Waals surface area (Å²) in [6.45, 7) is 5.49. The quantitative estimate of drug-likeness (QED) is 0.502. The van der Waals surface area contributed by atoms with E-state index in [4.69, 9.17) is 14.6 Å². The first-order valence-electron chi connectivity index (χ1n) is 10.2. The second-order valence-electron chi connectivity index (χ2n) is 7.35. The molecule has 1 aliphatic heterocycles. The molecule has 1 amide bonds. The summed E-state index contributed by atoms with van der Waals surface area (Å²) < 4.78 is 36.4. The van der Waals surface area contributed by atoms with Crippen molar-refractivity contribution in [1.82, 2.24) is 9.55 Å². The van der Waals surface area contributed by atoms with Gasteiger partial charge in [0.05, 0.1) is 21.2 Å². The molecule has 0 radical (unpaired) electrons. The average Bonchev–Trinajstić information content (AvgIpc) is 3.09. The number of carbonyl (C=O) groups excluding carboxylic acids is 1. The molecule has 170 valence electrons. The number of primary sulfonamides is 1. The summed E-state index contributed by atoms with van der Waals surface area (Å²) in [6.07, 6.45) is 0.855. The van der Waals surface area contributed by atoms with Crippen LogP contribution >= 0.6 is 11.8 Å². The fourth-order valence-electron chi connectivity index (χ4n) is 3.37. The highest BCUT2D eigenvalue weighted by Gasteiger charge is 2.21. The van der Waals surface area contributed by atoms with Crippen LogP contribution in [0.3, 0.4) is 0 Å². The maximum atomic E-state index is 12.8. The van der Waals surface area contributed by atoms with E-state index in [9.17, 15) is 13.2 Å². The van der Waals surface area contributed by atoms with Crippen molar-refractivity contribution in [2.75, 3.05) is 18.5 Å². The number of ether oxygens (including phenoxy) is 2. The SMILES string of the molecule is CCCn1c(S[C@H](C)C(=O)Nc2ccc3c(c2)OCCO3)nc2cc(S(N)(=O)=O)ccc21. The minimum absolute atomic E-state index is 0.00657. The molecule has 3 aromatic rings. The molecular weight excluding hydrogens is 452 g/mol. The summed E-state index contributed by atoms with van der Waals surface area (Å²) >= 11 is 1.31. The molecule has 0 saturated carbocycles. The molecule has 0 spiro atoms. The molecule has 0 bridgehead atoms. The number of amides is 1. The van der Waals surface area contributed by atoms with Crippen molar-refractivity contribution in [3.63, 3.8) is 0 Å². The standard InChI is InChI=1S/C21H24N4O5S2/c1-3-8-25-17-6-5-15(32(22,27)28)12-16(17)24-21(25)31-13(2)20(26)23-14-4-7-18-19(11-14)30-10-9-29-18/h4-7,11-13H,3,8-10H2,1-2H3,(H,23,26)(H2,22,27,28)/t13-/m1/s1. The van der Waals surface area contributed by atoms with Gasteiger partial charge in [-0.15, -0.1) is 0 Å². The van der Waals surface area contributed by atoms with Crippen molar-refractivity contribution in [3.8, 4) is 11.5 Å². The monoisotopic (exact) mass is 476 g/mol. The molecule has 2 aromatic carbocycles. The summed E-state index contributed by atoms with van der Waals surface area (Å²) in [5.41, 5.74) is 1.93. The molecule has 0 saturated heterocycles. The number of carbonyl (C=O) groups is 1. The van der Waals surface area contributed by atoms with Crippen LogP contribution in [0.15, 0.2) is 46.5 Å². The summed E-state index contributed by atoms with van der Waals surface area (Å²) in [4.78, 5) is 17.4. The maximum Gasteiger partial charge on any atom is 0.238 e. The van der Waals surface area contributed by atoms with E-state index in [-0.39, 0.29) is 10.8 Å². The Morgan fingerprint density at radius 2 is 1.97 bits per heavy atom. The van der Waals surface area contributed by atoms with Gasteiger partial charge in [-0.25, -0.2) is 18.5 Å². The molecule has 0 aliphatic carbocycles. The van der Waals surface area contributed by atoms with E-state index in [2.05, 4.69) is 10.3 Å². The van der Waals surface area contributed by atoms with E-state index in [1.165, 1.54) is 23.9 Å². The van der Waals surface area contributed by atoms with Crippen molar-refractivity contribution < 1.29 is 22.7 Å². The molecule has 11 heteroatoms. The number of aromatic nitrogens is 2. The Labute approximate surface area is 190 Å². The van der Waals surface area contributed by atoms with Gasteiger partial charge in [0.2, 0.25) is 15.9 Å². The summed E-state index contributed by atoms with van der Waals surface area (Å²) in [7, 11) is -3.83. The fourth-order valence-corrected chi connectivity index (χ4v) is 4.85. The van der Waals surface area contributed by atoms with Crippen LogP contribution in [-0.2, 0) is 21.4 Å². The van der Waals surface area contributed by atoms with Crippen molar-refractivity contribution >= 4 is 44.4 Å². The number of hydrogen-bond donors (Lipinski definition) is 2. The zero-order chi connectivity index (χ0) is 22.9. The summed E-state index contributed by atoms with van der Waals surface area (Å²) in [5, 5.41) is 8.34. The van der Waals surface area contributed by atoms with Gasteiger partial charge in [-0.1, -0.05) is 18.7 Å². The number of anilines is 1. The normalized spacial score (nSPS) is 14.3. The van der Waals surface area contributed by atoms with E-state index in [0.29, 0.717) is 47.6 Å². The maximum absolute atomic E-state index is 12.8. The van der Waals surface area contributed by atoms with E-state index < -0.39 is 15.3 Å². The molecule has 4 rings (SSSR count). The third-order valence-corrected chi connectivity index (χ3v) is 6.92. The third-order valence-electron chi connectivity index (χ3n) is 4.92. The van der Waals surface area contributed by atoms with Crippen LogP contribution in [0.4, 0.5) is 5.69 Å². The first-order valence-corrected chi connectivity index (χ1v) is 12.6. The summed E-state index contributed by atoms with van der Waals surface area (Å²) in [6, 6.07) is 9.90. The Kier molecular flexibility index (Phi) is 6.31. The minimum atomic E-state index is -3.83. The van der Waals surface area contributed by atoms with Gasteiger partial charge in [0.15, 0.2) is 16.7 Å². The number of hydrogen-bond acceptors (Lipinski definition) is 7. The molecule has 3 N–H and O–H groups in total. The van der Waals surface area contributed by atoms with Gasteiger partial charge in [-0.3, -0.25) is 4.79 Å². The number of nitrogens with two attached hydrogens (primary N) is 1. The smallest absolute Gasteiger partial charge is 0.238 e. The van der Waals surface area contributed by atoms with E-state index in [0.717, 1.165) is 11.9 Å². The summed E-state index contributed by atoms with van der Waals surface area (Å²) in [5.74, 6) is 1.07. The van der Waals surface area contributed by atoms with Crippen molar-refractivity contribution in [2.24, 2.45) is 5.14 Å². The lowest BCUT2D eigenvalue weighted by Gasteiger charge is -2.19. The number of rotatable bonds is 7.